The van der Waals surface area contributed by atoms with Gasteiger partial charge in [-0.15, -0.1) is 0 Å². The van der Waals surface area contributed by atoms with Gasteiger partial charge in [-0.25, -0.2) is 0 Å². The molecular weight excluding hydrogens is 352 g/mol. The Bertz CT molecular complexity index is 385. The summed E-state index contributed by atoms with van der Waals surface area (Å²) in [5, 5.41) is 0.149. The number of hydrogen-bond acceptors (Lipinski definition) is 3. The minimum atomic E-state index is -1.35. The Kier molecular flexibility index (Phi) is 2.99. The maximum Gasteiger partial charge on any atom is 0.197 e. The van der Waals surface area contributed by atoms with Crippen LogP contribution in [-0.4, -0.2) is 16.7 Å². The summed E-state index contributed by atoms with van der Waals surface area (Å²) < 4.78 is 0. The Hall–Kier alpha value is 0.480. The van der Waals surface area contributed by atoms with E-state index in [1.807, 2.05) is 6.08 Å². The van der Waals surface area contributed by atoms with Crippen LogP contribution in [0.5, 0.6) is 0 Å². The fourth-order valence-electron chi connectivity index (χ4n) is 1.28. The van der Waals surface area contributed by atoms with Crippen molar-refractivity contribution in [3.05, 3.63) is 22.0 Å². The van der Waals surface area contributed by atoms with Crippen molar-refractivity contribution in [2.45, 2.75) is 6.42 Å². The van der Waals surface area contributed by atoms with Crippen LogP contribution in [0.25, 0.3) is 0 Å². The normalized spacial score (nSPS) is 27.6. The molecule has 2 heterocycles. The maximum atomic E-state index is 11.3. The van der Waals surface area contributed by atoms with E-state index < -0.39 is 6.89 Å². The summed E-state index contributed by atoms with van der Waals surface area (Å²) >= 11 is 8.28. The lowest BCUT2D eigenvalue weighted by atomic mass is 10.3. The molecule has 0 bridgehead atoms. The molecule has 2 aliphatic rings. The van der Waals surface area contributed by atoms with Crippen molar-refractivity contribution in [2.75, 3.05) is 5.75 Å². The molecule has 2 aliphatic heterocycles. The molecule has 0 spiro atoms. The van der Waals surface area contributed by atoms with Gasteiger partial charge in [0.25, 0.3) is 0 Å². The van der Waals surface area contributed by atoms with Gasteiger partial charge in [0.2, 0.25) is 0 Å². The molecule has 2 rings (SSSR count). The topological polar surface area (TPSA) is 34.1 Å². The molecule has 6 heteroatoms. The molecule has 0 saturated carbocycles. The first-order valence-electron chi connectivity index (χ1n) is 3.85. The third-order valence-electron chi connectivity index (χ3n) is 1.86. The predicted octanol–water partition coefficient (Wildman–Crippen LogP) is 3.42. The Morgan fingerprint density at radius 2 is 2.07 bits per heavy atom. The van der Waals surface area contributed by atoms with Crippen molar-refractivity contribution in [3.63, 3.8) is 0 Å². The second kappa shape index (κ2) is 3.81. The molecule has 0 unspecified atom stereocenters. The van der Waals surface area contributed by atoms with Gasteiger partial charge < -0.3 is 0 Å². The smallest absolute Gasteiger partial charge is 0.197 e. The van der Waals surface area contributed by atoms with Crippen LogP contribution in [0, 0.1) is 0 Å². The van der Waals surface area contributed by atoms with E-state index in [4.69, 9.17) is 0 Å². The van der Waals surface area contributed by atoms with E-state index >= 15 is 0 Å². The minimum absolute atomic E-state index is 0.115. The second-order valence-electron chi connectivity index (χ2n) is 2.94. The Labute approximate surface area is 102 Å². The summed E-state index contributed by atoms with van der Waals surface area (Å²) in [7, 11) is 0. The molecule has 2 nitrogen and oxygen atoms in total. The highest BCUT2D eigenvalue weighted by Gasteiger charge is 2.35. The fraction of sp³-hybridized carbons (Fsp3) is 0.250. The van der Waals surface area contributed by atoms with Crippen molar-refractivity contribution in [1.29, 1.82) is 0 Å². The number of halogens is 2. The molecule has 0 aromatic carbocycles. The zero-order valence-corrected chi connectivity index (χ0v) is 11.8. The van der Waals surface area contributed by atoms with E-state index in [0.29, 0.717) is 12.2 Å². The number of ketones is 1. The number of carbonyl (C=O) groups excluding carboxylic acids is 2. The van der Waals surface area contributed by atoms with E-state index in [1.54, 1.807) is 6.08 Å². The lowest BCUT2D eigenvalue weighted by Crippen LogP contribution is -1.93. The van der Waals surface area contributed by atoms with E-state index in [9.17, 15) is 9.59 Å². The molecule has 0 saturated heterocycles. The van der Waals surface area contributed by atoms with Gasteiger partial charge in [-0.3, -0.25) is 9.59 Å². The molecule has 0 aromatic heterocycles. The molecule has 0 aromatic rings. The van der Waals surface area contributed by atoms with Crippen molar-refractivity contribution >= 4 is 59.2 Å². The average molecular weight is 358 g/mol. The molecule has 0 atom stereocenters. The van der Waals surface area contributed by atoms with E-state index in [2.05, 4.69) is 29.6 Å². The SMILES string of the molecule is O=C1C=C(C2=CCC(=O)S2)S(Br)(Br)C1. The lowest BCUT2D eigenvalue weighted by Gasteiger charge is -2.22. The van der Waals surface area contributed by atoms with Gasteiger partial charge in [0.05, 0.1) is 5.75 Å². The van der Waals surface area contributed by atoms with Gasteiger partial charge in [-0.1, -0.05) is 24.7 Å². The van der Waals surface area contributed by atoms with Gasteiger partial charge in [-0.2, -0.15) is 0 Å². The standard InChI is InChI=1S/C8H6Br2O2S2/c9-14(10)4-5(11)3-7(14)6-1-2-8(12)13-6/h1,3H,2,4H2. The third-order valence-corrected chi connectivity index (χ3v) is 8.08. The molecule has 0 N–H and O–H groups in total. The van der Waals surface area contributed by atoms with Crippen LogP contribution in [-0.2, 0) is 9.59 Å². The summed E-state index contributed by atoms with van der Waals surface area (Å²) in [6, 6.07) is 0. The summed E-state index contributed by atoms with van der Waals surface area (Å²) in [6.45, 7) is -1.35. The average Bonchev–Trinajstić information content (AvgIpc) is 2.55. The first-order chi connectivity index (χ1) is 6.49. The maximum absolute atomic E-state index is 11.3. The van der Waals surface area contributed by atoms with Gasteiger partial charge in [0.1, 0.15) is 0 Å². The fourth-order valence-corrected chi connectivity index (χ4v) is 7.45. The van der Waals surface area contributed by atoms with Crippen LogP contribution in [0.3, 0.4) is 0 Å². The summed E-state index contributed by atoms with van der Waals surface area (Å²) in [4.78, 5) is 24.2. The van der Waals surface area contributed by atoms with Crippen LogP contribution in [0.2, 0.25) is 0 Å². The number of rotatable bonds is 1. The quantitative estimate of drug-likeness (QED) is 0.721. The largest absolute Gasteiger partial charge is 0.294 e. The van der Waals surface area contributed by atoms with E-state index in [0.717, 1.165) is 9.81 Å². The summed E-state index contributed by atoms with van der Waals surface area (Å²) in [5.41, 5.74) is 0. The van der Waals surface area contributed by atoms with E-state index in [1.165, 1.54) is 11.8 Å². The highest BCUT2D eigenvalue weighted by Crippen LogP contribution is 2.74. The van der Waals surface area contributed by atoms with Gasteiger partial charge in [0, 0.05) is 16.2 Å². The van der Waals surface area contributed by atoms with Crippen LogP contribution < -0.4 is 0 Å². The number of carbonyl (C=O) groups is 2. The van der Waals surface area contributed by atoms with E-state index in [-0.39, 0.29) is 10.9 Å². The van der Waals surface area contributed by atoms with Gasteiger partial charge in [-0.05, 0) is 35.7 Å². The second-order valence-corrected chi connectivity index (χ2v) is 15.2. The Morgan fingerprint density at radius 1 is 1.36 bits per heavy atom. The molecule has 14 heavy (non-hydrogen) atoms. The summed E-state index contributed by atoms with van der Waals surface area (Å²) in [6.07, 6.45) is 4.00. The van der Waals surface area contributed by atoms with Crippen LogP contribution in [0.1, 0.15) is 6.42 Å². The van der Waals surface area contributed by atoms with Crippen molar-refractivity contribution in [2.24, 2.45) is 0 Å². The highest BCUT2D eigenvalue weighted by molar-refractivity contribution is 9.92. The molecule has 0 fully saturated rings. The molecular formula is C8H6Br2O2S2. The Morgan fingerprint density at radius 3 is 2.50 bits per heavy atom. The Balaban J connectivity index is 2.31. The van der Waals surface area contributed by atoms with Crippen LogP contribution >= 0.6 is 48.3 Å². The minimum Gasteiger partial charge on any atom is -0.294 e. The van der Waals surface area contributed by atoms with Crippen LogP contribution in [0.4, 0.5) is 0 Å². The zero-order chi connectivity index (χ0) is 10.3. The van der Waals surface area contributed by atoms with Gasteiger partial charge in [0.15, 0.2) is 10.9 Å². The van der Waals surface area contributed by atoms with Crippen molar-refractivity contribution < 1.29 is 9.59 Å². The lowest BCUT2D eigenvalue weighted by molar-refractivity contribution is -0.112. The van der Waals surface area contributed by atoms with Crippen molar-refractivity contribution in [1.82, 2.24) is 0 Å². The molecule has 0 amide bonds. The number of thioether (sulfide) groups is 1. The predicted molar refractivity (Wildman–Crippen MR) is 68.7 cm³/mol. The zero-order valence-electron chi connectivity index (χ0n) is 6.96. The third kappa shape index (κ3) is 2.03. The first-order valence-corrected chi connectivity index (χ1v) is 10.2. The number of hydrogen-bond donors (Lipinski definition) is 0. The van der Waals surface area contributed by atoms with Crippen LogP contribution in [0.15, 0.2) is 22.0 Å². The summed E-state index contributed by atoms with van der Waals surface area (Å²) in [5.74, 6) is 0.596. The first kappa shape index (κ1) is 11.0. The molecule has 76 valence electrons. The number of allylic oxidation sites excluding steroid dienone is 2. The van der Waals surface area contributed by atoms with Gasteiger partial charge >= 0.3 is 0 Å². The molecule has 0 aliphatic carbocycles. The van der Waals surface area contributed by atoms with Crippen molar-refractivity contribution in [3.8, 4) is 0 Å². The highest BCUT2D eigenvalue weighted by atomic mass is 79.9. The monoisotopic (exact) mass is 356 g/mol. The molecule has 0 radical (unpaired) electrons.